The summed E-state index contributed by atoms with van der Waals surface area (Å²) in [4.78, 5) is 37.3. The summed E-state index contributed by atoms with van der Waals surface area (Å²) < 4.78 is 11.7. The average Bonchev–Trinajstić information content (AvgIpc) is 3.05. The van der Waals surface area contributed by atoms with Gasteiger partial charge in [-0.15, -0.1) is 0 Å². The quantitative estimate of drug-likeness (QED) is 0.299. The number of pyridine rings is 1. The maximum absolute atomic E-state index is 13.9. The first-order valence-electron chi connectivity index (χ1n) is 16.7. The van der Waals surface area contributed by atoms with E-state index >= 15 is 0 Å². The highest BCUT2D eigenvalue weighted by molar-refractivity contribution is 5.98. The Bertz CT molecular complexity index is 1530. The second-order valence-electron chi connectivity index (χ2n) is 13.3. The molecule has 1 saturated heterocycles. The van der Waals surface area contributed by atoms with Crippen molar-refractivity contribution in [1.82, 2.24) is 9.88 Å². The predicted molar refractivity (Wildman–Crippen MR) is 179 cm³/mol. The molecule has 2 fully saturated rings. The van der Waals surface area contributed by atoms with Crippen molar-refractivity contribution in [2.45, 2.75) is 83.4 Å². The van der Waals surface area contributed by atoms with E-state index in [1.165, 1.54) is 0 Å². The molecule has 1 atom stereocenters. The third kappa shape index (κ3) is 6.64. The van der Waals surface area contributed by atoms with E-state index < -0.39 is 6.04 Å². The number of amides is 2. The number of hydrogen-bond acceptors (Lipinski definition) is 7. The van der Waals surface area contributed by atoms with Gasteiger partial charge in [0, 0.05) is 32.6 Å². The number of aromatic hydroxyl groups is 1. The maximum Gasteiger partial charge on any atom is 0.232 e. The molecule has 2 aromatic carbocycles. The number of benzene rings is 2. The zero-order valence-electron chi connectivity index (χ0n) is 27.4. The normalized spacial score (nSPS) is 21.7. The van der Waals surface area contributed by atoms with Crippen molar-refractivity contribution in [3.8, 4) is 17.2 Å². The number of rotatable bonds is 9. The summed E-state index contributed by atoms with van der Waals surface area (Å²) >= 11 is 0. The Morgan fingerprint density at radius 3 is 2.39 bits per heavy atom. The van der Waals surface area contributed by atoms with Crippen LogP contribution in [0.1, 0.15) is 81.5 Å². The molecule has 0 radical (unpaired) electrons. The SMILES string of the molecule is COc1cc2c(cc1OC(C)C)C(c1ccc(O)cc1)N(c1ccc(N(C)CC3CCC(N4CCCCC4=O)CC3)nc1)C(=O)C2. The van der Waals surface area contributed by atoms with Crippen LogP contribution in [0.2, 0.25) is 0 Å². The molecule has 1 N–H and O–H groups in total. The van der Waals surface area contributed by atoms with Crippen molar-refractivity contribution < 1.29 is 24.2 Å². The van der Waals surface area contributed by atoms with E-state index in [0.29, 0.717) is 41.5 Å². The molecule has 9 nitrogen and oxygen atoms in total. The first kappa shape index (κ1) is 31.7. The van der Waals surface area contributed by atoms with Gasteiger partial charge in [0.05, 0.1) is 37.6 Å². The molecule has 1 saturated carbocycles. The Balaban J connectivity index is 1.21. The molecule has 0 bridgehead atoms. The number of methoxy groups -OCH3 is 1. The molecule has 2 amide bonds. The second kappa shape index (κ2) is 13.6. The number of ether oxygens (including phenoxy) is 2. The molecule has 46 heavy (non-hydrogen) atoms. The molecule has 9 heteroatoms. The Labute approximate surface area is 272 Å². The Morgan fingerprint density at radius 1 is 0.978 bits per heavy atom. The third-order valence-corrected chi connectivity index (χ3v) is 9.71. The van der Waals surface area contributed by atoms with E-state index in [1.807, 2.05) is 50.2 Å². The lowest BCUT2D eigenvalue weighted by molar-refractivity contribution is -0.136. The van der Waals surface area contributed by atoms with Crippen molar-refractivity contribution in [3.05, 3.63) is 71.4 Å². The number of phenols is 1. The van der Waals surface area contributed by atoms with E-state index in [1.54, 1.807) is 30.3 Å². The fourth-order valence-corrected chi connectivity index (χ4v) is 7.42. The smallest absolute Gasteiger partial charge is 0.232 e. The van der Waals surface area contributed by atoms with Crippen LogP contribution in [0.15, 0.2) is 54.7 Å². The summed E-state index contributed by atoms with van der Waals surface area (Å²) in [6.45, 7) is 5.77. The number of carbonyl (C=O) groups excluding carboxylic acids is 2. The Kier molecular flexibility index (Phi) is 9.38. The highest BCUT2D eigenvalue weighted by Crippen LogP contribution is 2.44. The minimum Gasteiger partial charge on any atom is -0.508 e. The van der Waals surface area contributed by atoms with Crippen LogP contribution in [0.4, 0.5) is 11.5 Å². The summed E-state index contributed by atoms with van der Waals surface area (Å²) in [6.07, 6.45) is 9.19. The van der Waals surface area contributed by atoms with Gasteiger partial charge in [0.1, 0.15) is 11.6 Å². The third-order valence-electron chi connectivity index (χ3n) is 9.71. The van der Waals surface area contributed by atoms with Crippen LogP contribution in [0.25, 0.3) is 0 Å². The molecule has 2 aliphatic heterocycles. The minimum atomic E-state index is -0.440. The predicted octanol–water partition coefficient (Wildman–Crippen LogP) is 6.27. The minimum absolute atomic E-state index is 0.0444. The van der Waals surface area contributed by atoms with Gasteiger partial charge in [-0.05, 0) is 111 Å². The van der Waals surface area contributed by atoms with Crippen molar-refractivity contribution >= 4 is 23.3 Å². The number of aromatic nitrogens is 1. The number of piperidine rings is 1. The second-order valence-corrected chi connectivity index (χ2v) is 13.3. The van der Waals surface area contributed by atoms with E-state index in [9.17, 15) is 14.7 Å². The lowest BCUT2D eigenvalue weighted by atomic mass is 9.84. The van der Waals surface area contributed by atoms with Crippen molar-refractivity contribution in [2.24, 2.45) is 5.92 Å². The molecule has 1 aromatic heterocycles. The fraction of sp³-hybridized carbons (Fsp3) is 0.486. The number of carbonyl (C=O) groups is 2. The summed E-state index contributed by atoms with van der Waals surface area (Å²) in [5.41, 5.74) is 3.41. The van der Waals surface area contributed by atoms with E-state index in [-0.39, 0.29) is 24.2 Å². The molecule has 6 rings (SSSR count). The molecule has 1 unspecified atom stereocenters. The van der Waals surface area contributed by atoms with Crippen LogP contribution in [-0.2, 0) is 16.0 Å². The van der Waals surface area contributed by atoms with Crippen molar-refractivity contribution in [3.63, 3.8) is 0 Å². The molecule has 3 heterocycles. The van der Waals surface area contributed by atoms with E-state index in [2.05, 4.69) is 16.8 Å². The highest BCUT2D eigenvalue weighted by atomic mass is 16.5. The van der Waals surface area contributed by atoms with E-state index in [0.717, 1.165) is 74.1 Å². The molecule has 3 aromatic rings. The van der Waals surface area contributed by atoms with Crippen LogP contribution in [-0.4, -0.2) is 66.2 Å². The largest absolute Gasteiger partial charge is 0.508 e. The van der Waals surface area contributed by atoms with Gasteiger partial charge < -0.3 is 24.4 Å². The number of likely N-dealkylation sites (tertiary alicyclic amines) is 1. The fourth-order valence-electron chi connectivity index (χ4n) is 7.42. The lowest BCUT2D eigenvalue weighted by Gasteiger charge is -2.39. The molecule has 1 aliphatic carbocycles. The summed E-state index contributed by atoms with van der Waals surface area (Å²) in [6, 6.07) is 14.8. The van der Waals surface area contributed by atoms with Crippen LogP contribution < -0.4 is 19.3 Å². The lowest BCUT2D eigenvalue weighted by Crippen LogP contribution is -2.45. The van der Waals surface area contributed by atoms with Gasteiger partial charge in [0.15, 0.2) is 11.5 Å². The maximum atomic E-state index is 13.9. The average molecular weight is 627 g/mol. The van der Waals surface area contributed by atoms with Crippen LogP contribution in [0, 0.1) is 5.92 Å². The monoisotopic (exact) mass is 626 g/mol. The molecular formula is C37H46N4O5. The standard InChI is InChI=1S/C37H46N4O5/c1-24(2)46-33-21-31-27(19-32(33)45-4)20-36(44)41(37(31)26-10-15-30(42)16-11-26)29-14-17-34(38-22-29)39(3)23-25-8-12-28(13-9-25)40-18-6-5-7-35(40)43/h10-11,14-17,19,21-22,24-25,28,37,42H,5-9,12-13,18,20,23H2,1-4H3. The summed E-state index contributed by atoms with van der Waals surface area (Å²) in [5, 5.41) is 10.0. The topological polar surface area (TPSA) is 95.4 Å². The first-order valence-corrected chi connectivity index (χ1v) is 16.7. The van der Waals surface area contributed by atoms with Gasteiger partial charge >= 0.3 is 0 Å². The van der Waals surface area contributed by atoms with E-state index in [4.69, 9.17) is 14.5 Å². The van der Waals surface area contributed by atoms with Gasteiger partial charge in [-0.2, -0.15) is 0 Å². The van der Waals surface area contributed by atoms with Gasteiger partial charge in [-0.3, -0.25) is 14.5 Å². The summed E-state index contributed by atoms with van der Waals surface area (Å²) in [7, 11) is 3.68. The zero-order valence-corrected chi connectivity index (χ0v) is 27.4. The van der Waals surface area contributed by atoms with Crippen molar-refractivity contribution in [1.29, 1.82) is 0 Å². The Morgan fingerprint density at radius 2 is 1.74 bits per heavy atom. The van der Waals surface area contributed by atoms with Gasteiger partial charge in [-0.1, -0.05) is 12.1 Å². The number of nitrogens with zero attached hydrogens (tertiary/aromatic N) is 4. The Hall–Kier alpha value is -4.27. The van der Waals surface area contributed by atoms with Crippen LogP contribution >= 0.6 is 0 Å². The van der Waals surface area contributed by atoms with Crippen LogP contribution in [0.3, 0.4) is 0 Å². The zero-order chi connectivity index (χ0) is 32.4. The molecular weight excluding hydrogens is 580 g/mol. The number of fused-ring (bicyclic) bond motifs is 1. The molecule has 244 valence electrons. The molecule has 0 spiro atoms. The van der Waals surface area contributed by atoms with Gasteiger partial charge in [0.25, 0.3) is 0 Å². The molecule has 3 aliphatic rings. The first-order chi connectivity index (χ1) is 22.2. The number of hydrogen-bond donors (Lipinski definition) is 1. The summed E-state index contributed by atoms with van der Waals surface area (Å²) in [5.74, 6) is 3.10. The number of anilines is 2. The van der Waals surface area contributed by atoms with Gasteiger partial charge in [-0.25, -0.2) is 4.98 Å². The van der Waals surface area contributed by atoms with Crippen molar-refractivity contribution in [2.75, 3.05) is 37.0 Å². The highest BCUT2D eigenvalue weighted by Gasteiger charge is 2.36. The van der Waals surface area contributed by atoms with Crippen LogP contribution in [0.5, 0.6) is 17.2 Å². The van der Waals surface area contributed by atoms with Gasteiger partial charge in [0.2, 0.25) is 11.8 Å². The number of phenolic OH excluding ortho intramolecular Hbond substituents is 1.